The molecule has 2 heterocycles. The number of hydrogen-bond acceptors (Lipinski definition) is 14. The molecule has 4 aromatic rings. The number of nitrogens with one attached hydrogen (secondary N) is 3. The van der Waals surface area contributed by atoms with Crippen LogP contribution in [0.4, 0.5) is 5.69 Å². The summed E-state index contributed by atoms with van der Waals surface area (Å²) in [4.78, 5) is 111. The summed E-state index contributed by atoms with van der Waals surface area (Å²) in [5.74, 6) is -6.20. The first-order valence-electron chi connectivity index (χ1n) is 20.8. The van der Waals surface area contributed by atoms with E-state index in [0.717, 1.165) is 21.2 Å². The van der Waals surface area contributed by atoms with Crippen LogP contribution >= 0.6 is 0 Å². The van der Waals surface area contributed by atoms with Crippen LogP contribution in [0.2, 0.25) is 0 Å². The number of hydrogen-bond donors (Lipinski definition) is 8. The van der Waals surface area contributed by atoms with E-state index in [1.54, 1.807) is 25.1 Å². The van der Waals surface area contributed by atoms with Gasteiger partial charge in [0.15, 0.2) is 0 Å². The maximum absolute atomic E-state index is 13.5. The number of carbonyl (C=O) groups is 7. The molecule has 1 aromatic heterocycles. The zero-order chi connectivity index (χ0) is 47.2. The van der Waals surface area contributed by atoms with E-state index in [-0.39, 0.29) is 94.5 Å². The van der Waals surface area contributed by atoms with E-state index in [1.807, 2.05) is 30.3 Å². The van der Waals surface area contributed by atoms with Gasteiger partial charge in [-0.25, -0.2) is 9.78 Å². The third-order valence-electron chi connectivity index (χ3n) is 10.6. The second-order valence-corrected chi connectivity index (χ2v) is 15.5. The molecule has 1 unspecified atom stereocenters. The first kappa shape index (κ1) is 52.1. The van der Waals surface area contributed by atoms with Crippen LogP contribution in [0.3, 0.4) is 0 Å². The van der Waals surface area contributed by atoms with Crippen molar-refractivity contribution < 1.29 is 75.8 Å². The molecule has 1 atom stereocenters. The predicted octanol–water partition coefficient (Wildman–Crippen LogP) is -0.0386. The number of anilines is 1. The van der Waals surface area contributed by atoms with Crippen LogP contribution in [0.15, 0.2) is 53.3 Å². The second-order valence-electron chi connectivity index (χ2n) is 15.5. The first-order chi connectivity index (χ1) is 31.0. The van der Waals surface area contributed by atoms with E-state index < -0.39 is 73.8 Å². The molecule has 0 radical (unpaired) electrons. The summed E-state index contributed by atoms with van der Waals surface area (Å²) in [5.41, 5.74) is 8.37. The van der Waals surface area contributed by atoms with Crippen LogP contribution in [0, 0.1) is 6.92 Å². The molecule has 3 amide bonds. The van der Waals surface area contributed by atoms with E-state index in [4.69, 9.17) is 20.7 Å². The van der Waals surface area contributed by atoms with Crippen molar-refractivity contribution in [2.75, 3.05) is 84.0 Å². The van der Waals surface area contributed by atoms with E-state index >= 15 is 0 Å². The number of ether oxygens (including phenoxy) is 1. The number of aryl methyl sites for hydroxylation is 1. The Morgan fingerprint density at radius 1 is 0.864 bits per heavy atom. The summed E-state index contributed by atoms with van der Waals surface area (Å²) in [6, 6.07) is 13.3. The largest absolute Gasteiger partial charge is 2.00 e. The summed E-state index contributed by atoms with van der Waals surface area (Å²) >= 11 is 0. The Morgan fingerprint density at radius 3 is 2.18 bits per heavy atom. The van der Waals surface area contributed by atoms with Gasteiger partial charge in [-0.05, 0) is 65.6 Å². The minimum Gasteiger partial charge on any atom is -0.480 e. The molecule has 0 saturated carbocycles. The van der Waals surface area contributed by atoms with Crippen LogP contribution < -0.4 is 21.9 Å². The zero-order valence-electron chi connectivity index (χ0n) is 36.1. The van der Waals surface area contributed by atoms with E-state index in [9.17, 15) is 48.6 Å². The summed E-state index contributed by atoms with van der Waals surface area (Å²) in [7, 11) is 0. The van der Waals surface area contributed by atoms with Crippen LogP contribution in [-0.4, -0.2) is 176 Å². The van der Waals surface area contributed by atoms with Crippen LogP contribution in [0.25, 0.3) is 21.7 Å². The Bertz CT molecular complexity index is 2470. The van der Waals surface area contributed by atoms with Gasteiger partial charge in [0.1, 0.15) is 11.9 Å². The summed E-state index contributed by atoms with van der Waals surface area (Å²) < 4.78 is 5.41. The van der Waals surface area contributed by atoms with Crippen molar-refractivity contribution in [3.05, 3.63) is 81.4 Å². The van der Waals surface area contributed by atoms with Gasteiger partial charge in [0.25, 0.3) is 11.5 Å². The molecular formula is C43H53FeN9O13+2. The molecule has 0 bridgehead atoms. The molecule has 1 aliphatic heterocycles. The molecule has 5 rings (SSSR count). The number of benzene rings is 3. The fourth-order valence-electron chi connectivity index (χ4n) is 7.54. The number of amides is 3. The second kappa shape index (κ2) is 24.7. The molecule has 9 N–H and O–H groups in total. The number of fused-ring (bicyclic) bond motifs is 4. The quantitative estimate of drug-likeness (QED) is 0.0221. The van der Waals surface area contributed by atoms with Gasteiger partial charge in [0.05, 0.1) is 50.3 Å². The zero-order valence-corrected chi connectivity index (χ0v) is 37.2. The summed E-state index contributed by atoms with van der Waals surface area (Å²) in [5, 5.41) is 46.0. The fraction of sp³-hybridized carbons (Fsp3) is 0.419. The van der Waals surface area contributed by atoms with Crippen LogP contribution in [0.5, 0.6) is 0 Å². The van der Waals surface area contributed by atoms with Gasteiger partial charge in [-0.2, -0.15) is 0 Å². The van der Waals surface area contributed by atoms with Crippen LogP contribution in [0.1, 0.15) is 40.2 Å². The van der Waals surface area contributed by atoms with Gasteiger partial charge in [0, 0.05) is 70.0 Å². The topological polar surface area (TPSA) is 318 Å². The molecular weight excluding hydrogens is 906 g/mol. The number of H-pyrrole nitrogens is 1. The summed E-state index contributed by atoms with van der Waals surface area (Å²) in [6.45, 7) is -0.0560. The Balaban J connectivity index is 0.00000952. The number of rotatable bonds is 27. The number of aliphatic carboxylic acids is 4. The minimum absolute atomic E-state index is 0. The van der Waals surface area contributed by atoms with Crippen molar-refractivity contribution in [3.63, 3.8) is 0 Å². The molecule has 0 spiro atoms. The van der Waals surface area contributed by atoms with Crippen molar-refractivity contribution in [1.29, 1.82) is 0 Å². The van der Waals surface area contributed by atoms with Gasteiger partial charge >= 0.3 is 40.9 Å². The van der Waals surface area contributed by atoms with E-state index in [2.05, 4.69) is 20.6 Å². The van der Waals surface area contributed by atoms with Gasteiger partial charge in [-0.1, -0.05) is 18.2 Å². The first-order valence-corrected chi connectivity index (χ1v) is 20.8. The maximum atomic E-state index is 13.5. The maximum Gasteiger partial charge on any atom is 2.00 e. The van der Waals surface area contributed by atoms with Crippen LogP contribution in [-0.2, 0) is 63.7 Å². The van der Waals surface area contributed by atoms with Crippen molar-refractivity contribution in [3.8, 4) is 0 Å². The number of carbonyl (C=O) groups excluding carboxylic acids is 3. The number of nitrogens with two attached hydrogens (primary N) is 1. The van der Waals surface area contributed by atoms with E-state index in [1.165, 1.54) is 14.7 Å². The monoisotopic (exact) mass is 959 g/mol. The number of carboxylic acid groups (broad SMARTS) is 4. The number of carboxylic acids is 4. The standard InChI is InChI=1S/C43H53N9O13.Fe/c1-26-47-33-7-4-28-3-2-27(18-32(28)40(33)41(61)48-26)20-46-30-5-6-31-29(19-30)21-52(42(31)62)34(43(63)64)8-9-35(53)45-11-12-51(15-17-65-16-10-44)36(54)22-49(23-37(55)56)13-14-50(24-38(57)58)25-39(59)60;/h2-7,18-19,34,46H,8-17,20-25,44H2,1H3,(H,45,53)(H,55,56)(H,57,58)(H,59,60)(H,63,64)(H,47,48,61);/q;+2. The molecule has 23 heteroatoms. The van der Waals surface area contributed by atoms with Gasteiger partial charge in [-0.15, -0.1) is 0 Å². The van der Waals surface area contributed by atoms with Gasteiger partial charge in [-0.3, -0.25) is 43.4 Å². The number of aromatic amines is 1. The third-order valence-corrected chi connectivity index (χ3v) is 10.6. The Labute approximate surface area is 388 Å². The molecule has 354 valence electrons. The Hall–Kier alpha value is -6.49. The SMILES string of the molecule is Cc1nc2ccc3ccc(CNc4ccc5c(c4)CN(C(CCC(=O)NCCN(CCOCCN)C(=O)CN(CCN(CC(=O)O)CC(=O)O)CC(=O)O)C(=O)O)C5=O)cc3c2c(=O)[nH]1.[Fe+2]. The van der Waals surface area contributed by atoms with Crippen molar-refractivity contribution >= 4 is 69.0 Å². The molecule has 0 saturated heterocycles. The normalized spacial score (nSPS) is 12.5. The number of nitrogens with zero attached hydrogens (tertiary/aromatic N) is 5. The molecule has 0 aliphatic carbocycles. The molecule has 22 nitrogen and oxygen atoms in total. The minimum atomic E-state index is -1.33. The Kier molecular flexibility index (Phi) is 19.5. The van der Waals surface area contributed by atoms with Gasteiger partial charge < -0.3 is 56.3 Å². The third kappa shape index (κ3) is 14.8. The van der Waals surface area contributed by atoms with Gasteiger partial charge in [0.2, 0.25) is 11.8 Å². The molecule has 1 aliphatic rings. The predicted molar refractivity (Wildman–Crippen MR) is 234 cm³/mol. The molecule has 0 fully saturated rings. The van der Waals surface area contributed by atoms with Crippen molar-refractivity contribution in [1.82, 2.24) is 34.9 Å². The smallest absolute Gasteiger partial charge is 0.480 e. The van der Waals surface area contributed by atoms with Crippen molar-refractivity contribution in [2.45, 2.75) is 38.9 Å². The summed E-state index contributed by atoms with van der Waals surface area (Å²) in [6.07, 6.45) is -0.476. The Morgan fingerprint density at radius 2 is 1.53 bits per heavy atom. The molecule has 66 heavy (non-hydrogen) atoms. The molecule has 3 aromatic carbocycles. The van der Waals surface area contributed by atoms with E-state index in [0.29, 0.717) is 40.1 Å². The average Bonchev–Trinajstić information content (AvgIpc) is 3.56. The average molecular weight is 960 g/mol. The van der Waals surface area contributed by atoms with Crippen molar-refractivity contribution in [2.24, 2.45) is 5.73 Å². The number of aromatic nitrogens is 2. The fourth-order valence-corrected chi connectivity index (χ4v) is 7.54.